The lowest BCUT2D eigenvalue weighted by Gasteiger charge is -2.04. The third-order valence-electron chi connectivity index (χ3n) is 2.03. The summed E-state index contributed by atoms with van der Waals surface area (Å²) in [4.78, 5) is 11.7. The Morgan fingerprint density at radius 2 is 2.24 bits per heavy atom. The highest BCUT2D eigenvalue weighted by Gasteiger charge is 2.13. The van der Waals surface area contributed by atoms with Crippen LogP contribution >= 0.6 is 22.6 Å². The quantitative estimate of drug-likeness (QED) is 0.851. The molecule has 0 saturated carbocycles. The van der Waals surface area contributed by atoms with Crippen LogP contribution in [0.2, 0.25) is 0 Å². The van der Waals surface area contributed by atoms with E-state index in [1.165, 1.54) is 24.3 Å². The van der Waals surface area contributed by atoms with Gasteiger partial charge in [0.15, 0.2) is 0 Å². The summed E-state index contributed by atoms with van der Waals surface area (Å²) < 4.78 is 18.3. The summed E-state index contributed by atoms with van der Waals surface area (Å²) in [5.74, 6) is -0.624. The number of nitrogens with zero attached hydrogens (tertiary/aromatic N) is 1. The molecule has 0 unspecified atom stereocenters. The number of hydrogen-bond donors (Lipinski definition) is 1. The summed E-state index contributed by atoms with van der Waals surface area (Å²) in [5, 5.41) is 6.24. The lowest BCUT2D eigenvalue weighted by molar-refractivity contribution is 0.0988. The molecule has 0 radical (unpaired) electrons. The Labute approximate surface area is 110 Å². The Hall–Kier alpha value is -1.44. The van der Waals surface area contributed by atoms with E-state index in [0.29, 0.717) is 15.0 Å². The van der Waals surface area contributed by atoms with E-state index >= 15 is 0 Å². The summed E-state index contributed by atoms with van der Waals surface area (Å²) in [6.45, 7) is 1.72. The number of anilines is 1. The number of halogens is 2. The molecule has 1 N–H and O–H groups in total. The van der Waals surface area contributed by atoms with E-state index in [1.54, 1.807) is 6.92 Å². The molecule has 4 nitrogen and oxygen atoms in total. The molecule has 1 aromatic heterocycles. The van der Waals surface area contributed by atoms with Crippen LogP contribution < -0.4 is 5.32 Å². The molecule has 1 amide bonds. The number of benzene rings is 1. The Kier molecular flexibility index (Phi) is 3.41. The van der Waals surface area contributed by atoms with Gasteiger partial charge in [-0.25, -0.2) is 4.39 Å². The van der Waals surface area contributed by atoms with Crippen LogP contribution in [0.3, 0.4) is 0 Å². The number of carbonyl (C=O) groups excluding carboxylic acids is 1. The fraction of sp³-hybridized carbons (Fsp3) is 0.0909. The van der Waals surface area contributed by atoms with E-state index in [0.717, 1.165) is 0 Å². The number of hydrogen-bond acceptors (Lipinski definition) is 3. The first-order valence-electron chi connectivity index (χ1n) is 4.76. The normalized spacial score (nSPS) is 10.3. The molecule has 0 atom stereocenters. The minimum absolute atomic E-state index is 0.127. The molecule has 1 aromatic carbocycles. The molecule has 1 heterocycles. The molecule has 0 fully saturated rings. The van der Waals surface area contributed by atoms with Gasteiger partial charge in [0.2, 0.25) is 5.76 Å². The molecule has 17 heavy (non-hydrogen) atoms. The minimum Gasteiger partial charge on any atom is -0.351 e. The van der Waals surface area contributed by atoms with Crippen LogP contribution in [0, 0.1) is 16.3 Å². The first kappa shape index (κ1) is 12.0. The first-order chi connectivity index (χ1) is 8.06. The van der Waals surface area contributed by atoms with Crippen molar-refractivity contribution in [1.82, 2.24) is 5.16 Å². The van der Waals surface area contributed by atoms with Crippen molar-refractivity contribution in [1.29, 1.82) is 0 Å². The molecule has 0 aliphatic heterocycles. The van der Waals surface area contributed by atoms with E-state index in [4.69, 9.17) is 4.52 Å². The van der Waals surface area contributed by atoms with Crippen molar-refractivity contribution >= 4 is 34.2 Å². The molecule has 0 bridgehead atoms. The van der Waals surface area contributed by atoms with E-state index in [1.807, 2.05) is 22.6 Å². The predicted molar refractivity (Wildman–Crippen MR) is 68.3 cm³/mol. The van der Waals surface area contributed by atoms with Gasteiger partial charge in [-0.15, -0.1) is 0 Å². The van der Waals surface area contributed by atoms with Gasteiger partial charge >= 0.3 is 0 Å². The maximum absolute atomic E-state index is 12.9. The van der Waals surface area contributed by atoms with Crippen LogP contribution in [0.1, 0.15) is 16.2 Å². The van der Waals surface area contributed by atoms with Crippen LogP contribution in [0.15, 0.2) is 28.8 Å². The van der Waals surface area contributed by atoms with Crippen molar-refractivity contribution in [3.63, 3.8) is 0 Å². The third kappa shape index (κ3) is 2.82. The van der Waals surface area contributed by atoms with Gasteiger partial charge in [0, 0.05) is 9.64 Å². The topological polar surface area (TPSA) is 55.1 Å². The van der Waals surface area contributed by atoms with Gasteiger partial charge in [0.1, 0.15) is 5.82 Å². The van der Waals surface area contributed by atoms with Crippen LogP contribution in [0.25, 0.3) is 0 Å². The standard InChI is InChI=1S/C11H8FIN2O2/c1-6-4-10(17-15-6)11(16)14-9-3-2-7(12)5-8(9)13/h2-5H,1H3,(H,14,16). The molecule has 2 rings (SSSR count). The molecule has 2 aromatic rings. The monoisotopic (exact) mass is 346 g/mol. The molecular weight excluding hydrogens is 338 g/mol. The lowest BCUT2D eigenvalue weighted by atomic mass is 10.3. The van der Waals surface area contributed by atoms with Crippen molar-refractivity contribution in [2.75, 3.05) is 5.32 Å². The van der Waals surface area contributed by atoms with Crippen molar-refractivity contribution in [2.45, 2.75) is 6.92 Å². The summed E-state index contributed by atoms with van der Waals surface area (Å²) >= 11 is 1.94. The predicted octanol–water partition coefficient (Wildman–Crippen LogP) is 2.98. The van der Waals surface area contributed by atoms with Gasteiger partial charge in [0.25, 0.3) is 5.91 Å². The average Bonchev–Trinajstić information content (AvgIpc) is 2.69. The average molecular weight is 346 g/mol. The SMILES string of the molecule is Cc1cc(C(=O)Nc2ccc(F)cc2I)on1. The van der Waals surface area contributed by atoms with Crippen LogP contribution in [0.4, 0.5) is 10.1 Å². The fourth-order valence-corrected chi connectivity index (χ4v) is 1.86. The highest BCUT2D eigenvalue weighted by molar-refractivity contribution is 14.1. The number of aryl methyl sites for hydroxylation is 1. The lowest BCUT2D eigenvalue weighted by Crippen LogP contribution is -2.12. The molecule has 0 aliphatic carbocycles. The molecule has 0 saturated heterocycles. The maximum atomic E-state index is 12.9. The van der Waals surface area contributed by atoms with Gasteiger partial charge in [-0.3, -0.25) is 4.79 Å². The number of nitrogens with one attached hydrogen (secondary N) is 1. The van der Waals surface area contributed by atoms with Gasteiger partial charge in [-0.2, -0.15) is 0 Å². The van der Waals surface area contributed by atoms with Crippen molar-refractivity contribution in [2.24, 2.45) is 0 Å². The van der Waals surface area contributed by atoms with Gasteiger partial charge in [0.05, 0.1) is 11.4 Å². The molecule has 0 aliphatic rings. The third-order valence-corrected chi connectivity index (χ3v) is 2.92. The summed E-state index contributed by atoms with van der Waals surface area (Å²) in [6, 6.07) is 5.65. The van der Waals surface area contributed by atoms with E-state index < -0.39 is 5.91 Å². The summed E-state index contributed by atoms with van der Waals surface area (Å²) in [7, 11) is 0. The highest BCUT2D eigenvalue weighted by Crippen LogP contribution is 2.19. The Balaban J connectivity index is 2.18. The van der Waals surface area contributed by atoms with Crippen LogP contribution in [0.5, 0.6) is 0 Å². The van der Waals surface area contributed by atoms with Crippen LogP contribution in [-0.4, -0.2) is 11.1 Å². The Morgan fingerprint density at radius 1 is 1.47 bits per heavy atom. The second-order valence-corrected chi connectivity index (χ2v) is 4.57. The van der Waals surface area contributed by atoms with Crippen molar-refractivity contribution in [3.8, 4) is 0 Å². The summed E-state index contributed by atoms with van der Waals surface area (Å²) in [6.07, 6.45) is 0. The smallest absolute Gasteiger partial charge is 0.294 e. The van der Waals surface area contributed by atoms with E-state index in [9.17, 15) is 9.18 Å². The molecular formula is C11H8FIN2O2. The maximum Gasteiger partial charge on any atom is 0.294 e. The number of carbonyl (C=O) groups is 1. The minimum atomic E-state index is -0.407. The van der Waals surface area contributed by atoms with Gasteiger partial charge in [-0.1, -0.05) is 5.16 Å². The highest BCUT2D eigenvalue weighted by atomic mass is 127. The van der Waals surface area contributed by atoms with Crippen molar-refractivity contribution < 1.29 is 13.7 Å². The second-order valence-electron chi connectivity index (χ2n) is 3.41. The zero-order valence-electron chi connectivity index (χ0n) is 8.83. The van der Waals surface area contributed by atoms with Gasteiger partial charge in [-0.05, 0) is 47.7 Å². The number of amides is 1. The zero-order valence-corrected chi connectivity index (χ0v) is 11.0. The second kappa shape index (κ2) is 4.82. The van der Waals surface area contributed by atoms with E-state index in [2.05, 4.69) is 10.5 Å². The largest absolute Gasteiger partial charge is 0.351 e. The molecule has 0 spiro atoms. The summed E-state index contributed by atoms with van der Waals surface area (Å²) in [5.41, 5.74) is 1.16. The number of rotatable bonds is 2. The van der Waals surface area contributed by atoms with E-state index in [-0.39, 0.29) is 11.6 Å². The van der Waals surface area contributed by atoms with Crippen molar-refractivity contribution in [3.05, 3.63) is 45.1 Å². The zero-order chi connectivity index (χ0) is 12.4. The molecule has 6 heteroatoms. The Bertz CT molecular complexity index is 568. The number of aromatic nitrogens is 1. The van der Waals surface area contributed by atoms with Gasteiger partial charge < -0.3 is 9.84 Å². The Morgan fingerprint density at radius 3 is 2.82 bits per heavy atom. The first-order valence-corrected chi connectivity index (χ1v) is 5.84. The van der Waals surface area contributed by atoms with Crippen LogP contribution in [-0.2, 0) is 0 Å². The molecule has 88 valence electrons. The fourth-order valence-electron chi connectivity index (χ4n) is 1.25.